The maximum Gasteiger partial charge on any atom is 0.467 e. The number of carbonyl (C=O) groups excluding carboxylic acids is 2. The number of rotatable bonds is 3. The zero-order valence-corrected chi connectivity index (χ0v) is 9.57. The lowest BCUT2D eigenvalue weighted by Crippen LogP contribution is -2.31. The molecule has 16 heavy (non-hydrogen) atoms. The standard InChI is InChI=1S/C10H14N2O4/c1-4-15-9(13)8-6-7(3)12(11-8)10(14)16-5-2/h6H,4-5H2,1-3H3/p+1. The minimum Gasteiger partial charge on any atom is -0.458 e. The van der Waals surface area contributed by atoms with E-state index in [2.05, 4.69) is 5.10 Å². The Morgan fingerprint density at radius 3 is 2.50 bits per heavy atom. The fraction of sp³-hybridized carbons (Fsp3) is 0.500. The maximum atomic E-state index is 11.4. The van der Waals surface area contributed by atoms with Crippen molar-refractivity contribution in [1.82, 2.24) is 4.68 Å². The highest BCUT2D eigenvalue weighted by Gasteiger charge is 2.23. The fourth-order valence-corrected chi connectivity index (χ4v) is 1.21. The van der Waals surface area contributed by atoms with Gasteiger partial charge < -0.3 is 9.47 Å². The van der Waals surface area contributed by atoms with Gasteiger partial charge in [0.1, 0.15) is 0 Å². The Kier molecular flexibility index (Phi) is 4.04. The molecule has 0 aliphatic rings. The van der Waals surface area contributed by atoms with Crippen LogP contribution in [0.1, 0.15) is 30.0 Å². The highest BCUT2D eigenvalue weighted by molar-refractivity contribution is 5.86. The topological polar surface area (TPSA) is 71.7 Å². The summed E-state index contributed by atoms with van der Waals surface area (Å²) >= 11 is 0. The molecule has 1 aromatic rings. The second-order valence-electron chi connectivity index (χ2n) is 3.07. The third-order valence-corrected chi connectivity index (χ3v) is 1.88. The lowest BCUT2D eigenvalue weighted by atomic mass is 10.4. The van der Waals surface area contributed by atoms with Crippen molar-refractivity contribution in [2.24, 2.45) is 0 Å². The number of carbonyl (C=O) groups is 2. The molecule has 1 N–H and O–H groups in total. The van der Waals surface area contributed by atoms with Crippen LogP contribution in [-0.4, -0.2) is 30.0 Å². The van der Waals surface area contributed by atoms with Crippen LogP contribution in [0.4, 0.5) is 4.79 Å². The first-order valence-electron chi connectivity index (χ1n) is 5.06. The van der Waals surface area contributed by atoms with Crippen molar-refractivity contribution < 1.29 is 24.2 Å². The van der Waals surface area contributed by atoms with Gasteiger partial charge in [0, 0.05) is 6.07 Å². The van der Waals surface area contributed by atoms with E-state index >= 15 is 0 Å². The summed E-state index contributed by atoms with van der Waals surface area (Å²) in [7, 11) is 0. The average Bonchev–Trinajstić information content (AvgIpc) is 2.61. The molecule has 0 saturated heterocycles. The van der Waals surface area contributed by atoms with Gasteiger partial charge in [-0.15, -0.1) is 5.10 Å². The van der Waals surface area contributed by atoms with E-state index in [1.165, 1.54) is 6.07 Å². The molecule has 0 amide bonds. The number of nitrogens with zero attached hydrogens (tertiary/aromatic N) is 1. The van der Waals surface area contributed by atoms with E-state index in [4.69, 9.17) is 9.47 Å². The lowest BCUT2D eigenvalue weighted by Gasteiger charge is -1.97. The number of ether oxygens (including phenoxy) is 2. The van der Waals surface area contributed by atoms with Crippen molar-refractivity contribution in [3.63, 3.8) is 0 Å². The molecule has 0 spiro atoms. The normalized spacial score (nSPS) is 9.94. The van der Waals surface area contributed by atoms with E-state index in [0.29, 0.717) is 5.69 Å². The number of esters is 1. The maximum absolute atomic E-state index is 11.4. The molecule has 0 saturated carbocycles. The van der Waals surface area contributed by atoms with E-state index in [-0.39, 0.29) is 18.9 Å². The monoisotopic (exact) mass is 227 g/mol. The van der Waals surface area contributed by atoms with Gasteiger partial charge in [-0.3, -0.25) is 0 Å². The molecule has 6 nitrogen and oxygen atoms in total. The summed E-state index contributed by atoms with van der Waals surface area (Å²) in [5, 5.41) is 2.62. The summed E-state index contributed by atoms with van der Waals surface area (Å²) in [4.78, 5) is 22.8. The van der Waals surface area contributed by atoms with Gasteiger partial charge in [0.05, 0.1) is 18.9 Å². The Morgan fingerprint density at radius 1 is 1.31 bits per heavy atom. The van der Waals surface area contributed by atoms with Crippen molar-refractivity contribution in [3.8, 4) is 0 Å². The summed E-state index contributed by atoms with van der Waals surface area (Å²) in [6, 6.07) is 1.54. The number of hydrogen-bond acceptors (Lipinski definition) is 4. The summed E-state index contributed by atoms with van der Waals surface area (Å²) < 4.78 is 10.8. The van der Waals surface area contributed by atoms with Crippen LogP contribution in [0, 0.1) is 6.92 Å². The molecule has 1 rings (SSSR count). The van der Waals surface area contributed by atoms with Crippen LogP contribution in [-0.2, 0) is 9.47 Å². The number of hydrogen-bond donors (Lipinski definition) is 0. The second kappa shape index (κ2) is 5.29. The van der Waals surface area contributed by atoms with Crippen LogP contribution >= 0.6 is 0 Å². The van der Waals surface area contributed by atoms with Gasteiger partial charge in [0.25, 0.3) is 0 Å². The van der Waals surface area contributed by atoms with Gasteiger partial charge in [-0.05, 0) is 20.8 Å². The third kappa shape index (κ3) is 2.59. The Hall–Kier alpha value is -1.85. The van der Waals surface area contributed by atoms with Crippen molar-refractivity contribution in [1.29, 1.82) is 0 Å². The van der Waals surface area contributed by atoms with E-state index in [1.54, 1.807) is 20.8 Å². The van der Waals surface area contributed by atoms with Gasteiger partial charge in [0.2, 0.25) is 0 Å². The van der Waals surface area contributed by atoms with Crippen LogP contribution in [0.15, 0.2) is 6.07 Å². The first-order valence-corrected chi connectivity index (χ1v) is 5.06. The molecule has 0 aliphatic carbocycles. The van der Waals surface area contributed by atoms with Gasteiger partial charge in [-0.25, -0.2) is 9.59 Å². The Labute approximate surface area is 93.1 Å². The first kappa shape index (κ1) is 12.2. The SMILES string of the molecule is CCOC(=O)c1cc(C)n(C(=O)OCC)[nH+]1. The summed E-state index contributed by atoms with van der Waals surface area (Å²) in [6.45, 7) is 5.68. The number of aromatic nitrogens is 2. The molecule has 88 valence electrons. The first-order chi connectivity index (χ1) is 7.60. The molecule has 0 aliphatic heterocycles. The second-order valence-corrected chi connectivity index (χ2v) is 3.07. The van der Waals surface area contributed by atoms with Gasteiger partial charge in [-0.2, -0.15) is 0 Å². The summed E-state index contributed by atoms with van der Waals surface area (Å²) in [5.74, 6) is -0.492. The molecule has 0 fully saturated rings. The van der Waals surface area contributed by atoms with E-state index < -0.39 is 12.1 Å². The molecule has 1 heterocycles. The van der Waals surface area contributed by atoms with E-state index in [0.717, 1.165) is 4.68 Å². The van der Waals surface area contributed by atoms with Crippen LogP contribution in [0.5, 0.6) is 0 Å². The smallest absolute Gasteiger partial charge is 0.458 e. The number of aryl methyl sites for hydroxylation is 1. The predicted molar refractivity (Wildman–Crippen MR) is 54.1 cm³/mol. The van der Waals surface area contributed by atoms with Crippen molar-refractivity contribution >= 4 is 12.1 Å². The van der Waals surface area contributed by atoms with Gasteiger partial charge in [0.15, 0.2) is 0 Å². The van der Waals surface area contributed by atoms with Crippen molar-refractivity contribution in [3.05, 3.63) is 17.5 Å². The minimum atomic E-state index is -0.546. The highest BCUT2D eigenvalue weighted by Crippen LogP contribution is 2.01. The Bertz CT molecular complexity index is 398. The Morgan fingerprint density at radius 2 is 1.94 bits per heavy atom. The van der Waals surface area contributed by atoms with E-state index in [9.17, 15) is 9.59 Å². The van der Waals surface area contributed by atoms with Crippen molar-refractivity contribution in [2.75, 3.05) is 13.2 Å². The molecule has 0 bridgehead atoms. The molecule has 1 aromatic heterocycles. The zero-order chi connectivity index (χ0) is 12.1. The molecule has 0 radical (unpaired) electrons. The van der Waals surface area contributed by atoms with Crippen LogP contribution in [0.3, 0.4) is 0 Å². The van der Waals surface area contributed by atoms with Gasteiger partial charge >= 0.3 is 17.8 Å². The van der Waals surface area contributed by atoms with Crippen LogP contribution in [0.2, 0.25) is 0 Å². The highest BCUT2D eigenvalue weighted by atomic mass is 16.6. The molecule has 0 unspecified atom stereocenters. The lowest BCUT2D eigenvalue weighted by molar-refractivity contribution is -0.478. The van der Waals surface area contributed by atoms with Gasteiger partial charge in [-0.1, -0.05) is 4.68 Å². The zero-order valence-electron chi connectivity index (χ0n) is 9.57. The quantitative estimate of drug-likeness (QED) is 0.716. The number of aromatic amines is 1. The summed E-state index contributed by atoms with van der Waals surface area (Å²) in [6.07, 6.45) is -0.546. The largest absolute Gasteiger partial charge is 0.467 e. The predicted octanol–water partition coefficient (Wildman–Crippen LogP) is 0.792. The molecule has 0 atom stereocenters. The third-order valence-electron chi connectivity index (χ3n) is 1.88. The van der Waals surface area contributed by atoms with Crippen molar-refractivity contribution in [2.45, 2.75) is 20.8 Å². The molecular formula is C10H15N2O4+. The molecular weight excluding hydrogens is 212 g/mol. The van der Waals surface area contributed by atoms with E-state index in [1.807, 2.05) is 0 Å². The summed E-state index contributed by atoms with van der Waals surface area (Å²) in [5.41, 5.74) is 0.814. The number of H-pyrrole nitrogens is 1. The molecule has 6 heteroatoms. The molecule has 0 aromatic carbocycles. The number of nitrogens with one attached hydrogen (secondary N) is 1. The minimum absolute atomic E-state index is 0.229. The Balaban J connectivity index is 2.89. The fourth-order valence-electron chi connectivity index (χ4n) is 1.21. The average molecular weight is 227 g/mol. The van der Waals surface area contributed by atoms with Crippen LogP contribution in [0.25, 0.3) is 0 Å². The van der Waals surface area contributed by atoms with Crippen LogP contribution < -0.4 is 5.10 Å².